The van der Waals surface area contributed by atoms with Gasteiger partial charge in [-0.15, -0.1) is 11.8 Å². The van der Waals surface area contributed by atoms with Crippen molar-refractivity contribution in [1.82, 2.24) is 5.32 Å². The van der Waals surface area contributed by atoms with Crippen LogP contribution in [-0.4, -0.2) is 12.3 Å². The summed E-state index contributed by atoms with van der Waals surface area (Å²) >= 11 is 8.02. The van der Waals surface area contributed by atoms with E-state index in [1.165, 1.54) is 16.9 Å². The minimum absolute atomic E-state index is 0.879. The van der Waals surface area contributed by atoms with E-state index in [4.69, 9.17) is 11.6 Å². The van der Waals surface area contributed by atoms with Gasteiger partial charge in [0.25, 0.3) is 0 Å². The van der Waals surface area contributed by atoms with Crippen molar-refractivity contribution in [3.63, 3.8) is 0 Å². The Hall–Kier alpha value is -0.180. The first kappa shape index (κ1) is 12.9. The molecule has 0 spiro atoms. The van der Waals surface area contributed by atoms with Gasteiger partial charge in [-0.05, 0) is 36.4 Å². The van der Waals surface area contributed by atoms with E-state index in [1.54, 1.807) is 0 Å². The van der Waals surface area contributed by atoms with Crippen LogP contribution in [0.2, 0.25) is 5.02 Å². The molecular formula is C12H18ClNS. The fourth-order valence-electron chi connectivity index (χ4n) is 1.25. The van der Waals surface area contributed by atoms with Crippen molar-refractivity contribution >= 4 is 23.4 Å². The Morgan fingerprint density at radius 3 is 2.73 bits per heavy atom. The summed E-state index contributed by atoms with van der Waals surface area (Å²) in [6, 6.07) is 6.32. The molecule has 0 aliphatic carbocycles. The highest BCUT2D eigenvalue weighted by Crippen LogP contribution is 2.28. The number of benzene rings is 1. The molecule has 1 aromatic carbocycles. The predicted octanol–water partition coefficient (Wildman–Crippen LogP) is 3.95. The summed E-state index contributed by atoms with van der Waals surface area (Å²) in [6.45, 7) is 6.17. The van der Waals surface area contributed by atoms with Crippen molar-refractivity contribution in [2.24, 2.45) is 0 Å². The largest absolute Gasteiger partial charge is 0.313 e. The van der Waals surface area contributed by atoms with Gasteiger partial charge in [0.2, 0.25) is 0 Å². The maximum Gasteiger partial charge on any atom is 0.0545 e. The van der Waals surface area contributed by atoms with E-state index in [-0.39, 0.29) is 0 Å². The summed E-state index contributed by atoms with van der Waals surface area (Å²) in [5, 5.41) is 4.17. The van der Waals surface area contributed by atoms with Gasteiger partial charge in [-0.3, -0.25) is 0 Å². The lowest BCUT2D eigenvalue weighted by molar-refractivity contribution is 0.726. The minimum Gasteiger partial charge on any atom is -0.313 e. The SMILES string of the molecule is CCCSc1ccc(CNCC)cc1Cl. The van der Waals surface area contributed by atoms with E-state index < -0.39 is 0 Å². The van der Waals surface area contributed by atoms with Gasteiger partial charge in [-0.1, -0.05) is 31.5 Å². The average molecular weight is 244 g/mol. The highest BCUT2D eigenvalue weighted by molar-refractivity contribution is 7.99. The molecule has 0 atom stereocenters. The Morgan fingerprint density at radius 2 is 2.13 bits per heavy atom. The Kier molecular flexibility index (Phi) is 6.15. The maximum atomic E-state index is 6.20. The molecule has 0 unspecified atom stereocenters. The molecule has 1 aromatic rings. The number of thioether (sulfide) groups is 1. The number of hydrogen-bond donors (Lipinski definition) is 1. The van der Waals surface area contributed by atoms with Crippen LogP contribution in [0.3, 0.4) is 0 Å². The van der Waals surface area contributed by atoms with Crippen LogP contribution in [0.5, 0.6) is 0 Å². The predicted molar refractivity (Wildman–Crippen MR) is 69.8 cm³/mol. The Morgan fingerprint density at radius 1 is 1.33 bits per heavy atom. The Labute approximate surface area is 102 Å². The highest BCUT2D eigenvalue weighted by atomic mass is 35.5. The molecule has 1 rings (SSSR count). The van der Waals surface area contributed by atoms with Crippen molar-refractivity contribution in [1.29, 1.82) is 0 Å². The second-order valence-corrected chi connectivity index (χ2v) is 4.94. The van der Waals surface area contributed by atoms with Crippen LogP contribution in [0, 0.1) is 0 Å². The lowest BCUT2D eigenvalue weighted by atomic mass is 10.2. The van der Waals surface area contributed by atoms with Crippen LogP contribution in [0.15, 0.2) is 23.1 Å². The third-order valence-corrected chi connectivity index (χ3v) is 3.74. The summed E-state index contributed by atoms with van der Waals surface area (Å²) < 4.78 is 0. The molecule has 0 radical (unpaired) electrons. The third-order valence-electron chi connectivity index (χ3n) is 2.04. The van der Waals surface area contributed by atoms with E-state index in [1.807, 2.05) is 11.8 Å². The number of halogens is 1. The molecular weight excluding hydrogens is 226 g/mol. The van der Waals surface area contributed by atoms with Crippen molar-refractivity contribution in [2.45, 2.75) is 31.7 Å². The second kappa shape index (κ2) is 7.15. The van der Waals surface area contributed by atoms with Gasteiger partial charge in [0.05, 0.1) is 5.02 Å². The fraction of sp³-hybridized carbons (Fsp3) is 0.500. The number of rotatable bonds is 6. The molecule has 0 saturated heterocycles. The zero-order chi connectivity index (χ0) is 11.1. The summed E-state index contributed by atoms with van der Waals surface area (Å²) in [5.41, 5.74) is 1.25. The Bertz CT molecular complexity index is 302. The van der Waals surface area contributed by atoms with Crippen molar-refractivity contribution in [2.75, 3.05) is 12.3 Å². The molecule has 0 bridgehead atoms. The van der Waals surface area contributed by atoms with E-state index >= 15 is 0 Å². The van der Waals surface area contributed by atoms with Crippen molar-refractivity contribution in [3.8, 4) is 0 Å². The number of nitrogens with one attached hydrogen (secondary N) is 1. The molecule has 84 valence electrons. The van der Waals surface area contributed by atoms with E-state index in [0.29, 0.717) is 0 Å². The van der Waals surface area contributed by atoms with Gasteiger partial charge < -0.3 is 5.32 Å². The second-order valence-electron chi connectivity index (χ2n) is 3.39. The highest BCUT2D eigenvalue weighted by Gasteiger charge is 2.01. The van der Waals surface area contributed by atoms with Gasteiger partial charge in [-0.25, -0.2) is 0 Å². The quantitative estimate of drug-likeness (QED) is 0.760. The first-order valence-corrected chi connectivity index (χ1v) is 6.76. The molecule has 0 amide bonds. The average Bonchev–Trinajstić information content (AvgIpc) is 2.25. The van der Waals surface area contributed by atoms with Crippen molar-refractivity contribution < 1.29 is 0 Å². The summed E-state index contributed by atoms with van der Waals surface area (Å²) in [6.07, 6.45) is 1.18. The van der Waals surface area contributed by atoms with Gasteiger partial charge in [0.1, 0.15) is 0 Å². The van der Waals surface area contributed by atoms with Crippen LogP contribution in [0.25, 0.3) is 0 Å². The maximum absolute atomic E-state index is 6.20. The molecule has 0 aromatic heterocycles. The van der Waals surface area contributed by atoms with Gasteiger partial charge in [0.15, 0.2) is 0 Å². The summed E-state index contributed by atoms with van der Waals surface area (Å²) in [7, 11) is 0. The smallest absolute Gasteiger partial charge is 0.0545 e. The van der Waals surface area contributed by atoms with Crippen LogP contribution < -0.4 is 5.32 Å². The third kappa shape index (κ3) is 4.45. The Balaban J connectivity index is 2.61. The topological polar surface area (TPSA) is 12.0 Å². The first-order valence-electron chi connectivity index (χ1n) is 5.39. The van der Waals surface area contributed by atoms with Crippen LogP contribution in [0.1, 0.15) is 25.8 Å². The van der Waals surface area contributed by atoms with E-state index in [0.717, 1.165) is 23.9 Å². The summed E-state index contributed by atoms with van der Waals surface area (Å²) in [5.74, 6) is 1.13. The lowest BCUT2D eigenvalue weighted by Gasteiger charge is -2.06. The molecule has 0 heterocycles. The van der Waals surface area contributed by atoms with E-state index in [9.17, 15) is 0 Å². The van der Waals surface area contributed by atoms with Gasteiger partial charge in [-0.2, -0.15) is 0 Å². The van der Waals surface area contributed by atoms with Crippen LogP contribution >= 0.6 is 23.4 Å². The molecule has 1 N–H and O–H groups in total. The van der Waals surface area contributed by atoms with Crippen molar-refractivity contribution in [3.05, 3.63) is 28.8 Å². The molecule has 15 heavy (non-hydrogen) atoms. The molecule has 3 heteroatoms. The fourth-order valence-corrected chi connectivity index (χ4v) is 2.40. The zero-order valence-electron chi connectivity index (χ0n) is 9.35. The molecule has 0 saturated carbocycles. The monoisotopic (exact) mass is 243 g/mol. The van der Waals surface area contributed by atoms with Crippen LogP contribution in [0.4, 0.5) is 0 Å². The molecule has 1 nitrogen and oxygen atoms in total. The molecule has 0 aliphatic rings. The minimum atomic E-state index is 0.879. The molecule has 0 aliphatic heterocycles. The van der Waals surface area contributed by atoms with Gasteiger partial charge in [0, 0.05) is 11.4 Å². The van der Waals surface area contributed by atoms with Gasteiger partial charge >= 0.3 is 0 Å². The lowest BCUT2D eigenvalue weighted by Crippen LogP contribution is -2.11. The van der Waals surface area contributed by atoms with E-state index in [2.05, 4.69) is 37.4 Å². The first-order chi connectivity index (χ1) is 7.27. The zero-order valence-corrected chi connectivity index (χ0v) is 10.9. The number of hydrogen-bond acceptors (Lipinski definition) is 2. The normalized spacial score (nSPS) is 10.6. The standard InChI is InChI=1S/C12H18ClNS/c1-3-7-15-12-6-5-10(8-11(12)13)9-14-4-2/h5-6,8,14H,3-4,7,9H2,1-2H3. The summed E-state index contributed by atoms with van der Waals surface area (Å²) in [4.78, 5) is 1.19. The molecule has 0 fully saturated rings. The van der Waals surface area contributed by atoms with Crippen LogP contribution in [-0.2, 0) is 6.54 Å².